The second kappa shape index (κ2) is 6.18. The van der Waals surface area contributed by atoms with Crippen molar-refractivity contribution in [2.75, 3.05) is 5.32 Å². The number of phenols is 1. The molecule has 0 spiro atoms. The number of amides is 2. The van der Waals surface area contributed by atoms with Crippen molar-refractivity contribution in [1.29, 1.82) is 0 Å². The summed E-state index contributed by atoms with van der Waals surface area (Å²) in [6.45, 7) is 0.461. The number of carbonyl (C=O) groups excluding carboxylic acids is 1. The van der Waals surface area contributed by atoms with Gasteiger partial charge in [-0.1, -0.05) is 48.5 Å². The number of carbonyl (C=O) groups is 1. The number of hydrogen-bond acceptors (Lipinski definition) is 2. The zero-order valence-electron chi connectivity index (χ0n) is 11.9. The molecule has 0 saturated carbocycles. The Hall–Kier alpha value is -3.01. The topological polar surface area (TPSA) is 61.4 Å². The lowest BCUT2D eigenvalue weighted by atomic mass is 10.1. The number of nitrogens with one attached hydrogen (secondary N) is 2. The largest absolute Gasteiger partial charge is 0.508 e. The molecule has 0 bridgehead atoms. The molecular formula is C18H16N2O2. The second-order valence-electron chi connectivity index (χ2n) is 5.00. The van der Waals surface area contributed by atoms with Crippen LogP contribution in [0.1, 0.15) is 5.56 Å². The van der Waals surface area contributed by atoms with Gasteiger partial charge < -0.3 is 15.7 Å². The standard InChI is InChI=1S/C18H16N2O2/c21-15-10-9-14-7-4-8-17(16(14)11-15)20-18(22)19-12-13-5-2-1-3-6-13/h1-11,21H,12H2,(H2,19,20,22). The third-order valence-corrected chi connectivity index (χ3v) is 3.41. The molecule has 3 aromatic carbocycles. The normalized spacial score (nSPS) is 10.4. The molecule has 0 heterocycles. The number of fused-ring (bicyclic) bond motifs is 1. The molecule has 3 aromatic rings. The van der Waals surface area contributed by atoms with Gasteiger partial charge in [-0.3, -0.25) is 0 Å². The first kappa shape index (κ1) is 13.9. The van der Waals surface area contributed by atoms with Crippen molar-refractivity contribution in [2.24, 2.45) is 0 Å². The van der Waals surface area contributed by atoms with Crippen molar-refractivity contribution in [1.82, 2.24) is 5.32 Å². The van der Waals surface area contributed by atoms with Gasteiger partial charge in [0.15, 0.2) is 0 Å². The van der Waals surface area contributed by atoms with Crippen LogP contribution in [0.5, 0.6) is 5.75 Å². The van der Waals surface area contributed by atoms with Gasteiger partial charge in [0.05, 0.1) is 5.69 Å². The molecule has 2 amide bonds. The van der Waals surface area contributed by atoms with Gasteiger partial charge in [-0.2, -0.15) is 0 Å². The van der Waals surface area contributed by atoms with Crippen LogP contribution >= 0.6 is 0 Å². The SMILES string of the molecule is O=C(NCc1ccccc1)Nc1cccc2ccc(O)cc12. The van der Waals surface area contributed by atoms with E-state index in [0.717, 1.165) is 16.3 Å². The Bertz CT molecular complexity index is 801. The quantitative estimate of drug-likeness (QED) is 0.686. The summed E-state index contributed by atoms with van der Waals surface area (Å²) in [5.41, 5.74) is 1.70. The Morgan fingerprint density at radius 3 is 2.59 bits per heavy atom. The molecule has 110 valence electrons. The van der Waals surface area contributed by atoms with Gasteiger partial charge in [-0.15, -0.1) is 0 Å². The predicted octanol–water partition coefficient (Wildman–Crippen LogP) is 3.87. The highest BCUT2D eigenvalue weighted by molar-refractivity contribution is 6.02. The number of urea groups is 1. The van der Waals surface area contributed by atoms with Gasteiger partial charge in [0.1, 0.15) is 5.75 Å². The first-order chi connectivity index (χ1) is 10.7. The van der Waals surface area contributed by atoms with Crippen LogP contribution in [0, 0.1) is 0 Å². The molecule has 0 aliphatic carbocycles. The minimum Gasteiger partial charge on any atom is -0.508 e. The maximum atomic E-state index is 12.0. The van der Waals surface area contributed by atoms with Crippen LogP contribution in [0.15, 0.2) is 66.7 Å². The van der Waals surface area contributed by atoms with Gasteiger partial charge in [0.2, 0.25) is 0 Å². The number of anilines is 1. The fourth-order valence-corrected chi connectivity index (χ4v) is 2.31. The zero-order valence-corrected chi connectivity index (χ0v) is 11.9. The van der Waals surface area contributed by atoms with E-state index in [9.17, 15) is 9.90 Å². The zero-order chi connectivity index (χ0) is 15.4. The molecule has 3 rings (SSSR count). The fraction of sp³-hybridized carbons (Fsp3) is 0.0556. The maximum Gasteiger partial charge on any atom is 0.319 e. The van der Waals surface area contributed by atoms with Crippen molar-refractivity contribution < 1.29 is 9.90 Å². The molecule has 3 N–H and O–H groups in total. The molecule has 0 aliphatic heterocycles. The molecule has 4 nitrogen and oxygen atoms in total. The first-order valence-electron chi connectivity index (χ1n) is 7.03. The molecule has 0 atom stereocenters. The van der Waals surface area contributed by atoms with E-state index in [1.54, 1.807) is 12.1 Å². The second-order valence-corrected chi connectivity index (χ2v) is 5.00. The molecule has 0 radical (unpaired) electrons. The van der Waals surface area contributed by atoms with Crippen molar-refractivity contribution in [2.45, 2.75) is 6.54 Å². The summed E-state index contributed by atoms with van der Waals surface area (Å²) < 4.78 is 0. The summed E-state index contributed by atoms with van der Waals surface area (Å²) >= 11 is 0. The van der Waals surface area contributed by atoms with Crippen LogP contribution in [-0.4, -0.2) is 11.1 Å². The number of phenolic OH excluding ortho intramolecular Hbond substituents is 1. The highest BCUT2D eigenvalue weighted by atomic mass is 16.3. The van der Waals surface area contributed by atoms with Crippen LogP contribution in [0.2, 0.25) is 0 Å². The summed E-state index contributed by atoms with van der Waals surface area (Å²) in [5.74, 6) is 0.173. The molecule has 0 saturated heterocycles. The maximum absolute atomic E-state index is 12.0. The van der Waals surface area contributed by atoms with E-state index < -0.39 is 0 Å². The molecule has 0 fully saturated rings. The van der Waals surface area contributed by atoms with Gasteiger partial charge in [-0.05, 0) is 29.1 Å². The van der Waals surface area contributed by atoms with E-state index in [2.05, 4.69) is 10.6 Å². The van der Waals surface area contributed by atoms with E-state index >= 15 is 0 Å². The summed E-state index contributed by atoms with van der Waals surface area (Å²) in [6.07, 6.45) is 0. The van der Waals surface area contributed by atoms with Crippen LogP contribution in [0.3, 0.4) is 0 Å². The lowest BCUT2D eigenvalue weighted by Gasteiger charge is -2.10. The highest BCUT2D eigenvalue weighted by Crippen LogP contribution is 2.26. The van der Waals surface area contributed by atoms with Crippen molar-refractivity contribution in [3.8, 4) is 5.75 Å². The average Bonchev–Trinajstić information content (AvgIpc) is 2.54. The lowest BCUT2D eigenvalue weighted by Crippen LogP contribution is -2.28. The van der Waals surface area contributed by atoms with Crippen molar-refractivity contribution in [3.05, 3.63) is 72.3 Å². The van der Waals surface area contributed by atoms with Gasteiger partial charge >= 0.3 is 6.03 Å². The number of benzene rings is 3. The van der Waals surface area contributed by atoms with Crippen molar-refractivity contribution in [3.63, 3.8) is 0 Å². The van der Waals surface area contributed by atoms with E-state index in [1.807, 2.05) is 54.6 Å². The van der Waals surface area contributed by atoms with Crippen LogP contribution in [-0.2, 0) is 6.54 Å². The van der Waals surface area contributed by atoms with Gasteiger partial charge in [-0.25, -0.2) is 4.79 Å². The smallest absolute Gasteiger partial charge is 0.319 e. The van der Waals surface area contributed by atoms with Crippen LogP contribution in [0.25, 0.3) is 10.8 Å². The average molecular weight is 292 g/mol. The van der Waals surface area contributed by atoms with E-state index in [4.69, 9.17) is 0 Å². The number of hydrogen-bond donors (Lipinski definition) is 3. The lowest BCUT2D eigenvalue weighted by molar-refractivity contribution is 0.252. The number of rotatable bonds is 3. The minimum atomic E-state index is -0.278. The van der Waals surface area contributed by atoms with Gasteiger partial charge in [0.25, 0.3) is 0 Å². The molecule has 4 heteroatoms. The van der Waals surface area contributed by atoms with E-state index in [0.29, 0.717) is 12.2 Å². The summed E-state index contributed by atoms with van der Waals surface area (Å²) in [4.78, 5) is 12.0. The van der Waals surface area contributed by atoms with Crippen molar-refractivity contribution >= 4 is 22.5 Å². The van der Waals surface area contributed by atoms with E-state index in [-0.39, 0.29) is 11.8 Å². The molecule has 22 heavy (non-hydrogen) atoms. The Morgan fingerprint density at radius 1 is 0.955 bits per heavy atom. The monoisotopic (exact) mass is 292 g/mol. The summed E-state index contributed by atoms with van der Waals surface area (Å²) in [7, 11) is 0. The Labute approximate surface area is 128 Å². The first-order valence-corrected chi connectivity index (χ1v) is 7.03. The number of aromatic hydroxyl groups is 1. The summed E-state index contributed by atoms with van der Waals surface area (Å²) in [5, 5.41) is 17.0. The Morgan fingerprint density at radius 2 is 1.77 bits per heavy atom. The van der Waals surface area contributed by atoms with Crippen LogP contribution in [0.4, 0.5) is 10.5 Å². The Kier molecular flexibility index (Phi) is 3.92. The predicted molar refractivity (Wildman–Crippen MR) is 87.9 cm³/mol. The summed E-state index contributed by atoms with van der Waals surface area (Å²) in [6, 6.07) is 20.1. The third kappa shape index (κ3) is 3.17. The Balaban J connectivity index is 1.73. The molecule has 0 unspecified atom stereocenters. The molecule has 0 aliphatic rings. The van der Waals surface area contributed by atoms with E-state index in [1.165, 1.54) is 0 Å². The fourth-order valence-electron chi connectivity index (χ4n) is 2.31. The molecular weight excluding hydrogens is 276 g/mol. The highest BCUT2D eigenvalue weighted by Gasteiger charge is 2.06. The van der Waals surface area contributed by atoms with Crippen LogP contribution < -0.4 is 10.6 Å². The third-order valence-electron chi connectivity index (χ3n) is 3.41. The minimum absolute atomic E-state index is 0.173. The van der Waals surface area contributed by atoms with Gasteiger partial charge in [0, 0.05) is 11.9 Å². The molecule has 0 aromatic heterocycles.